The summed E-state index contributed by atoms with van der Waals surface area (Å²) in [4.78, 5) is 33.1. The van der Waals surface area contributed by atoms with E-state index in [1.54, 1.807) is 0 Å². The molecule has 0 fully saturated rings. The van der Waals surface area contributed by atoms with E-state index in [0.29, 0.717) is 6.42 Å². The Balaban J connectivity index is 2.60. The Morgan fingerprint density at radius 2 is 2.05 bits per heavy atom. The van der Waals surface area contributed by atoms with Gasteiger partial charge in [-0.15, -0.1) is 0 Å². The largest absolute Gasteiger partial charge is 0.369 e. The van der Waals surface area contributed by atoms with E-state index < -0.39 is 13.4 Å². The van der Waals surface area contributed by atoms with Crippen LogP contribution in [0.2, 0.25) is 0 Å². The molecule has 2 rings (SSSR count). The van der Waals surface area contributed by atoms with Crippen molar-refractivity contribution in [3.63, 3.8) is 0 Å². The number of aromatic amines is 1. The third-order valence-corrected chi connectivity index (χ3v) is 3.44. The van der Waals surface area contributed by atoms with E-state index in [0.717, 1.165) is 0 Å². The number of aromatic nitrogens is 4. The molecule has 1 atom stereocenters. The molecule has 2 heterocycles. The molecule has 10 nitrogen and oxygen atoms in total. The predicted molar refractivity (Wildman–Crippen MR) is 71.5 cm³/mol. The highest BCUT2D eigenvalue weighted by Crippen LogP contribution is 2.53. The number of H-pyrrole nitrogens is 1. The molecule has 0 amide bonds. The smallest absolute Gasteiger partial charge is 0.360 e. The number of rotatable bonds is 5. The summed E-state index contributed by atoms with van der Waals surface area (Å²) < 4.78 is 16.8. The maximum Gasteiger partial charge on any atom is 0.360 e. The zero-order valence-electron chi connectivity index (χ0n) is 10.6. The minimum Gasteiger partial charge on any atom is -0.369 e. The van der Waals surface area contributed by atoms with Gasteiger partial charge in [0.05, 0.1) is 0 Å². The van der Waals surface area contributed by atoms with Gasteiger partial charge in [0.2, 0.25) is 11.8 Å². The lowest BCUT2D eigenvalue weighted by molar-refractivity contribution is 0.0845. The van der Waals surface area contributed by atoms with Crippen molar-refractivity contribution in [2.24, 2.45) is 0 Å². The molecule has 0 saturated carbocycles. The fourth-order valence-electron chi connectivity index (χ4n) is 1.70. The molecule has 0 radical (unpaired) electrons. The van der Waals surface area contributed by atoms with Crippen molar-refractivity contribution < 1.29 is 19.1 Å². The number of nitrogens with zero attached hydrogens (tertiary/aromatic N) is 3. The zero-order valence-corrected chi connectivity index (χ0v) is 11.5. The van der Waals surface area contributed by atoms with Gasteiger partial charge in [-0.3, -0.25) is 4.57 Å². The molecular formula is C9H15N6O4P. The van der Waals surface area contributed by atoms with E-state index in [2.05, 4.69) is 19.9 Å². The van der Waals surface area contributed by atoms with Crippen LogP contribution in [0.3, 0.4) is 0 Å². The summed E-state index contributed by atoms with van der Waals surface area (Å²) in [6.07, 6.45) is 0.589. The molecule has 7 N–H and O–H groups in total. The summed E-state index contributed by atoms with van der Waals surface area (Å²) in [7, 11) is -4.60. The van der Waals surface area contributed by atoms with Gasteiger partial charge in [-0.1, -0.05) is 6.92 Å². The molecule has 0 saturated heterocycles. The summed E-state index contributed by atoms with van der Waals surface area (Å²) in [6, 6.07) is 0. The van der Waals surface area contributed by atoms with E-state index in [1.807, 2.05) is 6.92 Å². The Hall–Kier alpha value is -1.74. The summed E-state index contributed by atoms with van der Waals surface area (Å²) in [5.74, 6) is -1.67. The molecule has 2 aromatic heterocycles. The van der Waals surface area contributed by atoms with E-state index in [4.69, 9.17) is 16.2 Å². The Labute approximate surface area is 113 Å². The fraction of sp³-hybridized carbons (Fsp3) is 0.444. The number of nitrogen functional groups attached to an aromatic ring is 2. The molecule has 0 aliphatic heterocycles. The zero-order chi connectivity index (χ0) is 14.9. The van der Waals surface area contributed by atoms with E-state index in [-0.39, 0.29) is 35.4 Å². The van der Waals surface area contributed by atoms with Gasteiger partial charge in [-0.05, 0) is 6.42 Å². The highest BCUT2D eigenvalue weighted by Gasteiger charge is 2.35. The summed E-state index contributed by atoms with van der Waals surface area (Å²) in [5, 5.41) is 0. The molecule has 0 bridgehead atoms. The number of nitrogens with two attached hydrogens (primary N) is 2. The van der Waals surface area contributed by atoms with Crippen molar-refractivity contribution in [2.75, 3.05) is 18.1 Å². The molecule has 1 unspecified atom stereocenters. The molecule has 0 aliphatic carbocycles. The highest BCUT2D eigenvalue weighted by molar-refractivity contribution is 7.52. The fourth-order valence-corrected chi connectivity index (χ4v) is 2.50. The third kappa shape index (κ3) is 2.88. The first-order valence-electron chi connectivity index (χ1n) is 5.78. The Kier molecular flexibility index (Phi) is 3.91. The molecule has 2 aromatic rings. The lowest BCUT2D eigenvalue weighted by atomic mass is 10.3. The first-order chi connectivity index (χ1) is 9.32. The lowest BCUT2D eigenvalue weighted by Gasteiger charge is -2.18. The van der Waals surface area contributed by atoms with Gasteiger partial charge in [-0.25, -0.2) is 4.98 Å². The third-order valence-electron chi connectivity index (χ3n) is 2.43. The van der Waals surface area contributed by atoms with Crippen LogP contribution < -0.4 is 11.5 Å². The maximum atomic E-state index is 11.6. The molecule has 110 valence electrons. The second kappa shape index (κ2) is 5.33. The van der Waals surface area contributed by atoms with Gasteiger partial charge in [0, 0.05) is 6.61 Å². The number of nitrogens with one attached hydrogen (secondary N) is 1. The quantitative estimate of drug-likeness (QED) is 0.480. The lowest BCUT2D eigenvalue weighted by Crippen LogP contribution is -2.11. The number of fused-ring (bicyclic) bond motifs is 1. The van der Waals surface area contributed by atoms with E-state index >= 15 is 0 Å². The van der Waals surface area contributed by atoms with Crippen LogP contribution in [0.25, 0.3) is 11.2 Å². The molecule has 0 spiro atoms. The van der Waals surface area contributed by atoms with Crippen LogP contribution in [0.5, 0.6) is 0 Å². The second-order valence-electron chi connectivity index (χ2n) is 4.10. The average Bonchev–Trinajstić information content (AvgIpc) is 2.67. The van der Waals surface area contributed by atoms with Crippen molar-refractivity contribution in [1.29, 1.82) is 0 Å². The SMILES string of the molecule is CCCOC(c1nc(N)nc2nc(N)[nH]c12)P(=O)(O)O. The minimum absolute atomic E-state index is 0.0427. The van der Waals surface area contributed by atoms with Crippen LogP contribution in [0, 0.1) is 0 Å². The number of ether oxygens (including phenoxy) is 1. The van der Waals surface area contributed by atoms with Crippen molar-refractivity contribution in [3.8, 4) is 0 Å². The second-order valence-corrected chi connectivity index (χ2v) is 5.75. The van der Waals surface area contributed by atoms with Gasteiger partial charge in [0.1, 0.15) is 11.2 Å². The number of hydrogen-bond donors (Lipinski definition) is 5. The Bertz CT molecular complexity index is 668. The monoisotopic (exact) mass is 302 g/mol. The van der Waals surface area contributed by atoms with Crippen molar-refractivity contribution in [1.82, 2.24) is 19.9 Å². The predicted octanol–water partition coefficient (Wildman–Crippen LogP) is 0.120. The maximum absolute atomic E-state index is 11.6. The Morgan fingerprint density at radius 1 is 1.35 bits per heavy atom. The van der Waals surface area contributed by atoms with Gasteiger partial charge in [-0.2, -0.15) is 9.97 Å². The number of hydrogen-bond acceptors (Lipinski definition) is 7. The van der Waals surface area contributed by atoms with Crippen molar-refractivity contribution >= 4 is 30.7 Å². The topological polar surface area (TPSA) is 173 Å². The average molecular weight is 302 g/mol. The summed E-state index contributed by atoms with van der Waals surface area (Å²) >= 11 is 0. The number of anilines is 2. The van der Waals surface area contributed by atoms with Crippen LogP contribution in [0.1, 0.15) is 24.9 Å². The normalized spacial score (nSPS) is 13.8. The first kappa shape index (κ1) is 14.7. The molecule has 11 heteroatoms. The standard InChI is InChI=1S/C9H15N6O4P/c1-2-3-19-7(20(16,17)18)5-4-6(14-8(10)12-4)15-9(11)13-5/h7H,2-3H2,1H3,(H2,16,17,18)(H5,10,11,12,13,14,15). The van der Waals surface area contributed by atoms with Crippen LogP contribution in [-0.2, 0) is 9.30 Å². The van der Waals surface area contributed by atoms with Crippen LogP contribution in [0.4, 0.5) is 11.9 Å². The van der Waals surface area contributed by atoms with Crippen LogP contribution in [-0.4, -0.2) is 36.3 Å². The molecule has 0 aliphatic rings. The van der Waals surface area contributed by atoms with Gasteiger partial charge in [0.25, 0.3) is 0 Å². The van der Waals surface area contributed by atoms with Gasteiger partial charge >= 0.3 is 7.60 Å². The summed E-state index contributed by atoms with van der Waals surface area (Å²) in [6.45, 7) is 1.97. The van der Waals surface area contributed by atoms with E-state index in [1.165, 1.54) is 0 Å². The minimum atomic E-state index is -4.60. The van der Waals surface area contributed by atoms with Crippen molar-refractivity contribution in [3.05, 3.63) is 5.69 Å². The van der Waals surface area contributed by atoms with Crippen molar-refractivity contribution in [2.45, 2.75) is 19.2 Å². The Morgan fingerprint density at radius 3 is 2.65 bits per heavy atom. The van der Waals surface area contributed by atoms with Crippen LogP contribution in [0.15, 0.2) is 0 Å². The molecule has 0 aromatic carbocycles. The highest BCUT2D eigenvalue weighted by atomic mass is 31.2. The van der Waals surface area contributed by atoms with Crippen LogP contribution >= 0.6 is 7.60 Å². The van der Waals surface area contributed by atoms with Gasteiger partial charge < -0.3 is 31.0 Å². The summed E-state index contributed by atoms with van der Waals surface area (Å²) in [5.41, 5.74) is 11.3. The molecular weight excluding hydrogens is 287 g/mol. The van der Waals surface area contributed by atoms with E-state index in [9.17, 15) is 14.4 Å². The number of imidazole rings is 1. The first-order valence-corrected chi connectivity index (χ1v) is 7.46. The van der Waals surface area contributed by atoms with Gasteiger partial charge in [0.15, 0.2) is 11.6 Å². The molecule has 20 heavy (non-hydrogen) atoms.